The second kappa shape index (κ2) is 13.0. The highest BCUT2D eigenvalue weighted by Gasteiger charge is 2.27. The third kappa shape index (κ3) is 7.09. The topological polar surface area (TPSA) is 81.7 Å². The molecular formula is C31H33N3O4. The molecule has 1 fully saturated rings. The molecule has 1 saturated heterocycles. The molecule has 7 nitrogen and oxygen atoms in total. The lowest BCUT2D eigenvalue weighted by molar-refractivity contribution is 0.0106. The van der Waals surface area contributed by atoms with Crippen LogP contribution in [0.15, 0.2) is 91.1 Å². The van der Waals surface area contributed by atoms with Crippen LogP contribution >= 0.6 is 0 Å². The molecule has 2 N–H and O–H groups in total. The summed E-state index contributed by atoms with van der Waals surface area (Å²) in [7, 11) is 0. The molecule has 0 spiro atoms. The molecule has 1 aliphatic rings. The molecule has 4 aromatic rings. The zero-order chi connectivity index (χ0) is 26.0. The van der Waals surface area contributed by atoms with Crippen LogP contribution in [0.3, 0.4) is 0 Å². The molecule has 0 saturated carbocycles. The van der Waals surface area contributed by atoms with Gasteiger partial charge in [-0.3, -0.25) is 5.32 Å². The maximum absolute atomic E-state index is 11.8. The van der Waals surface area contributed by atoms with Crippen molar-refractivity contribution < 1.29 is 19.0 Å². The average molecular weight is 512 g/mol. The lowest BCUT2D eigenvalue weighted by Crippen LogP contribution is -2.40. The number of carbonyl (C=O) groups is 1. The fourth-order valence-electron chi connectivity index (χ4n) is 4.72. The van der Waals surface area contributed by atoms with Gasteiger partial charge in [0, 0.05) is 25.1 Å². The number of anilines is 1. The van der Waals surface area contributed by atoms with E-state index in [1.807, 2.05) is 12.1 Å². The van der Waals surface area contributed by atoms with Crippen LogP contribution in [0.1, 0.15) is 29.9 Å². The van der Waals surface area contributed by atoms with Gasteiger partial charge in [-0.25, -0.2) is 9.78 Å². The number of pyridine rings is 1. The van der Waals surface area contributed by atoms with E-state index in [1.54, 1.807) is 24.4 Å². The molecule has 1 amide bonds. The van der Waals surface area contributed by atoms with Gasteiger partial charge in [0.2, 0.25) is 0 Å². The SMILES string of the molecule is O=C(Nc1ccccn1)OCCCOc1ccc(C2CCNCC2OCc2ccc3ccccc3c2)cc1. The molecule has 196 valence electrons. The summed E-state index contributed by atoms with van der Waals surface area (Å²) in [6.07, 6.45) is 2.82. The third-order valence-corrected chi connectivity index (χ3v) is 6.70. The van der Waals surface area contributed by atoms with E-state index in [9.17, 15) is 4.79 Å². The highest BCUT2D eigenvalue weighted by Crippen LogP contribution is 2.30. The van der Waals surface area contributed by atoms with E-state index in [0.29, 0.717) is 31.4 Å². The predicted molar refractivity (Wildman–Crippen MR) is 149 cm³/mol. The molecule has 1 aromatic heterocycles. The summed E-state index contributed by atoms with van der Waals surface area (Å²) in [6, 6.07) is 28.5. The first-order valence-corrected chi connectivity index (χ1v) is 13.1. The Hall–Kier alpha value is -3.94. The zero-order valence-corrected chi connectivity index (χ0v) is 21.3. The van der Waals surface area contributed by atoms with E-state index >= 15 is 0 Å². The van der Waals surface area contributed by atoms with Crippen molar-refractivity contribution in [2.45, 2.75) is 31.5 Å². The van der Waals surface area contributed by atoms with E-state index in [1.165, 1.54) is 21.9 Å². The Kier molecular flexibility index (Phi) is 8.81. The van der Waals surface area contributed by atoms with E-state index in [4.69, 9.17) is 14.2 Å². The lowest BCUT2D eigenvalue weighted by Gasteiger charge is -2.32. The molecule has 7 heteroatoms. The Labute approximate surface area is 223 Å². The molecule has 2 heterocycles. The third-order valence-electron chi connectivity index (χ3n) is 6.70. The van der Waals surface area contributed by atoms with Crippen molar-refractivity contribution in [1.82, 2.24) is 10.3 Å². The Bertz CT molecular complexity index is 1310. The summed E-state index contributed by atoms with van der Waals surface area (Å²) in [5.41, 5.74) is 2.45. The molecule has 0 bridgehead atoms. The Morgan fingerprint density at radius 3 is 2.63 bits per heavy atom. The number of amides is 1. The summed E-state index contributed by atoms with van der Waals surface area (Å²) in [4.78, 5) is 15.8. The van der Waals surface area contributed by atoms with Gasteiger partial charge >= 0.3 is 6.09 Å². The number of benzene rings is 3. The van der Waals surface area contributed by atoms with Gasteiger partial charge < -0.3 is 19.5 Å². The van der Waals surface area contributed by atoms with E-state index < -0.39 is 6.09 Å². The number of nitrogens with one attached hydrogen (secondary N) is 2. The fraction of sp³-hybridized carbons (Fsp3) is 0.290. The standard InChI is InChI=1S/C31H33N3O4/c35-31(34-30-8-3-4-16-33-30)37-19-5-18-36-27-13-11-25(12-14-27)28-15-17-32-21-29(28)38-22-23-9-10-24-6-1-2-7-26(24)20-23/h1-4,6-14,16,20,28-29,32H,5,15,17-19,21-22H2,(H,33,34,35). The van der Waals surface area contributed by atoms with Crippen LogP contribution in [0.4, 0.5) is 10.6 Å². The van der Waals surface area contributed by atoms with Gasteiger partial charge in [-0.05, 0) is 65.2 Å². The zero-order valence-electron chi connectivity index (χ0n) is 21.3. The number of piperidine rings is 1. The number of ether oxygens (including phenoxy) is 3. The minimum atomic E-state index is -0.521. The quantitative estimate of drug-likeness (QED) is 0.258. The van der Waals surface area contributed by atoms with Gasteiger partial charge in [-0.2, -0.15) is 0 Å². The molecule has 0 radical (unpaired) electrons. The molecule has 0 aliphatic carbocycles. The average Bonchev–Trinajstić information content (AvgIpc) is 2.97. The molecule has 3 aromatic carbocycles. The molecule has 5 rings (SSSR count). The maximum atomic E-state index is 11.8. The van der Waals surface area contributed by atoms with Gasteiger partial charge in [0.25, 0.3) is 0 Å². The van der Waals surface area contributed by atoms with Crippen LogP contribution in [0.5, 0.6) is 5.75 Å². The molecular weight excluding hydrogens is 478 g/mol. The summed E-state index contributed by atoms with van der Waals surface area (Å²) < 4.78 is 17.4. The number of hydrogen-bond donors (Lipinski definition) is 2. The van der Waals surface area contributed by atoms with Crippen molar-refractivity contribution in [2.24, 2.45) is 0 Å². The number of hydrogen-bond acceptors (Lipinski definition) is 6. The van der Waals surface area contributed by atoms with Crippen LogP contribution in [0.25, 0.3) is 10.8 Å². The van der Waals surface area contributed by atoms with Gasteiger partial charge in [0.05, 0.1) is 25.9 Å². The Morgan fingerprint density at radius 1 is 0.947 bits per heavy atom. The fourth-order valence-corrected chi connectivity index (χ4v) is 4.72. The first kappa shape index (κ1) is 25.7. The number of nitrogens with zero attached hydrogens (tertiary/aromatic N) is 1. The van der Waals surface area contributed by atoms with Crippen LogP contribution in [-0.4, -0.2) is 43.5 Å². The van der Waals surface area contributed by atoms with Crippen LogP contribution < -0.4 is 15.4 Å². The number of rotatable bonds is 10. The normalized spacial score (nSPS) is 17.2. The number of aromatic nitrogens is 1. The second-order valence-electron chi connectivity index (χ2n) is 9.38. The molecule has 2 atom stereocenters. The molecule has 1 aliphatic heterocycles. The highest BCUT2D eigenvalue weighted by molar-refractivity contribution is 5.83. The van der Waals surface area contributed by atoms with Gasteiger partial charge in [-0.1, -0.05) is 54.6 Å². The van der Waals surface area contributed by atoms with Crippen LogP contribution in [-0.2, 0) is 16.1 Å². The van der Waals surface area contributed by atoms with E-state index in [0.717, 1.165) is 25.3 Å². The van der Waals surface area contributed by atoms with Crippen LogP contribution in [0.2, 0.25) is 0 Å². The smallest absolute Gasteiger partial charge is 0.412 e. The van der Waals surface area contributed by atoms with Crippen molar-refractivity contribution in [2.75, 3.05) is 31.6 Å². The van der Waals surface area contributed by atoms with Gasteiger partial charge in [0.1, 0.15) is 11.6 Å². The largest absolute Gasteiger partial charge is 0.493 e. The molecule has 2 unspecified atom stereocenters. The van der Waals surface area contributed by atoms with Crippen molar-refractivity contribution in [3.63, 3.8) is 0 Å². The minimum absolute atomic E-state index is 0.108. The van der Waals surface area contributed by atoms with Crippen molar-refractivity contribution >= 4 is 22.7 Å². The summed E-state index contributed by atoms with van der Waals surface area (Å²) in [5.74, 6) is 1.59. The first-order valence-electron chi connectivity index (χ1n) is 13.1. The Morgan fingerprint density at radius 2 is 1.79 bits per heavy atom. The maximum Gasteiger partial charge on any atom is 0.412 e. The van der Waals surface area contributed by atoms with Gasteiger partial charge in [-0.15, -0.1) is 0 Å². The predicted octanol–water partition coefficient (Wildman–Crippen LogP) is 5.91. The van der Waals surface area contributed by atoms with Gasteiger partial charge in [0.15, 0.2) is 0 Å². The van der Waals surface area contributed by atoms with E-state index in [-0.39, 0.29) is 12.7 Å². The lowest BCUT2D eigenvalue weighted by atomic mass is 9.87. The van der Waals surface area contributed by atoms with Crippen molar-refractivity contribution in [3.05, 3.63) is 102 Å². The highest BCUT2D eigenvalue weighted by atomic mass is 16.5. The molecule has 38 heavy (non-hydrogen) atoms. The number of carbonyl (C=O) groups excluding carboxylic acids is 1. The summed E-state index contributed by atoms with van der Waals surface area (Å²) >= 11 is 0. The monoisotopic (exact) mass is 511 g/mol. The second-order valence-corrected chi connectivity index (χ2v) is 9.38. The van der Waals surface area contributed by atoms with Crippen molar-refractivity contribution in [3.8, 4) is 5.75 Å². The van der Waals surface area contributed by atoms with E-state index in [2.05, 4.69) is 70.2 Å². The number of fused-ring (bicyclic) bond motifs is 1. The van der Waals surface area contributed by atoms with Crippen LogP contribution in [0, 0.1) is 0 Å². The summed E-state index contributed by atoms with van der Waals surface area (Å²) in [6.45, 7) is 3.14. The first-order chi connectivity index (χ1) is 18.7. The summed E-state index contributed by atoms with van der Waals surface area (Å²) in [5, 5.41) is 8.55. The van der Waals surface area contributed by atoms with Crippen molar-refractivity contribution in [1.29, 1.82) is 0 Å². The minimum Gasteiger partial charge on any atom is -0.493 e. The Balaban J connectivity index is 1.07.